The average Bonchev–Trinajstić information content (AvgIpc) is 2.95. The first kappa shape index (κ1) is 20.6. The molecule has 2 rings (SSSR count). The van der Waals surface area contributed by atoms with Crippen molar-refractivity contribution in [3.8, 4) is 11.5 Å². The summed E-state index contributed by atoms with van der Waals surface area (Å²) >= 11 is 0. The van der Waals surface area contributed by atoms with Crippen LogP contribution >= 0.6 is 0 Å². The van der Waals surface area contributed by atoms with Crippen molar-refractivity contribution in [3.05, 3.63) is 46.8 Å². The topological polar surface area (TPSA) is 66.8 Å². The third-order valence-electron chi connectivity index (χ3n) is 4.51. The van der Waals surface area contributed by atoms with Gasteiger partial charge in [0.05, 0.1) is 20.6 Å². The van der Waals surface area contributed by atoms with Gasteiger partial charge in [-0.2, -0.15) is 0 Å². The number of methoxy groups -OCH3 is 2. The van der Waals surface area contributed by atoms with Crippen LogP contribution in [0.4, 0.5) is 0 Å². The molecule has 1 aromatic carbocycles. The number of benzene rings is 1. The zero-order valence-corrected chi connectivity index (χ0v) is 16.6. The summed E-state index contributed by atoms with van der Waals surface area (Å²) in [6, 6.07) is 7.06. The zero-order chi connectivity index (χ0) is 20.0. The van der Waals surface area contributed by atoms with Gasteiger partial charge in [0, 0.05) is 35.1 Å². The van der Waals surface area contributed by atoms with E-state index in [2.05, 4.69) is 11.5 Å². The lowest BCUT2D eigenvalue weighted by molar-refractivity contribution is -0.141. The second-order valence-corrected chi connectivity index (χ2v) is 6.37. The van der Waals surface area contributed by atoms with Crippen LogP contribution in [0.3, 0.4) is 0 Å². The Morgan fingerprint density at radius 1 is 1.07 bits per heavy atom. The third kappa shape index (κ3) is 4.90. The zero-order valence-electron chi connectivity index (χ0n) is 16.6. The SMILES string of the molecule is CCCn1c(C)cc(C(=O)COC(=O)Cc2ccc(OC)cc2OC)c1C. The number of ether oxygens (including phenoxy) is 3. The van der Waals surface area contributed by atoms with E-state index in [9.17, 15) is 9.59 Å². The van der Waals surface area contributed by atoms with Crippen molar-refractivity contribution in [3.63, 3.8) is 0 Å². The summed E-state index contributed by atoms with van der Waals surface area (Å²) in [5, 5.41) is 0. The molecular weight excluding hydrogens is 346 g/mol. The van der Waals surface area contributed by atoms with E-state index in [-0.39, 0.29) is 18.8 Å². The Morgan fingerprint density at radius 3 is 2.44 bits per heavy atom. The Kier molecular flexibility index (Phi) is 7.05. The number of esters is 1. The van der Waals surface area contributed by atoms with Crippen LogP contribution in [0.15, 0.2) is 24.3 Å². The summed E-state index contributed by atoms with van der Waals surface area (Å²) in [4.78, 5) is 24.6. The maximum Gasteiger partial charge on any atom is 0.310 e. The molecule has 0 aliphatic carbocycles. The number of ketones is 1. The van der Waals surface area contributed by atoms with E-state index in [0.717, 1.165) is 24.4 Å². The Balaban J connectivity index is 2.00. The molecule has 6 nitrogen and oxygen atoms in total. The molecule has 27 heavy (non-hydrogen) atoms. The van der Waals surface area contributed by atoms with E-state index in [1.165, 1.54) is 7.11 Å². The monoisotopic (exact) mass is 373 g/mol. The second kappa shape index (κ2) is 9.26. The van der Waals surface area contributed by atoms with Crippen LogP contribution in [0.25, 0.3) is 0 Å². The van der Waals surface area contributed by atoms with E-state index in [4.69, 9.17) is 14.2 Å². The molecule has 0 spiro atoms. The standard InChI is InChI=1S/C21H27NO5/c1-6-9-22-14(2)10-18(15(22)3)19(23)13-27-21(24)11-16-7-8-17(25-4)12-20(16)26-5/h7-8,10,12H,6,9,11,13H2,1-5H3. The quantitative estimate of drug-likeness (QED) is 0.497. The van der Waals surface area contributed by atoms with Gasteiger partial charge in [0.1, 0.15) is 11.5 Å². The molecule has 0 aliphatic heterocycles. The molecule has 0 unspecified atom stereocenters. The van der Waals surface area contributed by atoms with Gasteiger partial charge in [0.15, 0.2) is 6.61 Å². The summed E-state index contributed by atoms with van der Waals surface area (Å²) in [6.07, 6.45) is 1.01. The van der Waals surface area contributed by atoms with Gasteiger partial charge in [-0.25, -0.2) is 0 Å². The first-order valence-electron chi connectivity index (χ1n) is 8.97. The van der Waals surface area contributed by atoms with Crippen LogP contribution in [0.5, 0.6) is 11.5 Å². The van der Waals surface area contributed by atoms with Crippen molar-refractivity contribution in [2.45, 2.75) is 40.2 Å². The molecule has 0 aliphatic rings. The maximum atomic E-state index is 12.5. The predicted octanol–water partition coefficient (Wildman–Crippen LogP) is 3.50. The number of aryl methyl sites for hydroxylation is 1. The fourth-order valence-corrected chi connectivity index (χ4v) is 3.08. The number of hydrogen-bond donors (Lipinski definition) is 0. The molecule has 1 aromatic heterocycles. The minimum atomic E-state index is -0.478. The number of Topliss-reactive ketones (excluding diaryl/α,β-unsaturated/α-hetero) is 1. The van der Waals surface area contributed by atoms with Gasteiger partial charge in [-0.15, -0.1) is 0 Å². The maximum absolute atomic E-state index is 12.5. The van der Waals surface area contributed by atoms with Crippen LogP contribution in [0, 0.1) is 13.8 Å². The number of nitrogens with zero attached hydrogens (tertiary/aromatic N) is 1. The van der Waals surface area contributed by atoms with Crippen LogP contribution in [0.1, 0.15) is 40.7 Å². The van der Waals surface area contributed by atoms with Crippen molar-refractivity contribution < 1.29 is 23.8 Å². The normalized spacial score (nSPS) is 10.6. The first-order chi connectivity index (χ1) is 12.9. The van der Waals surface area contributed by atoms with Crippen LogP contribution < -0.4 is 9.47 Å². The summed E-state index contributed by atoms with van der Waals surface area (Å²) < 4.78 is 17.7. The van der Waals surface area contributed by atoms with Gasteiger partial charge >= 0.3 is 5.97 Å². The van der Waals surface area contributed by atoms with E-state index in [0.29, 0.717) is 22.6 Å². The fourth-order valence-electron chi connectivity index (χ4n) is 3.08. The molecule has 0 N–H and O–H groups in total. The smallest absolute Gasteiger partial charge is 0.310 e. The minimum absolute atomic E-state index is 0.0231. The average molecular weight is 373 g/mol. The summed E-state index contributed by atoms with van der Waals surface area (Å²) in [7, 11) is 3.09. The highest BCUT2D eigenvalue weighted by Crippen LogP contribution is 2.25. The van der Waals surface area contributed by atoms with E-state index in [1.54, 1.807) is 25.3 Å². The molecule has 0 amide bonds. The highest BCUT2D eigenvalue weighted by atomic mass is 16.5. The number of rotatable bonds is 9. The lowest BCUT2D eigenvalue weighted by Crippen LogP contribution is -2.16. The Morgan fingerprint density at radius 2 is 1.81 bits per heavy atom. The van der Waals surface area contributed by atoms with Crippen LogP contribution in [-0.4, -0.2) is 37.1 Å². The molecule has 2 aromatic rings. The van der Waals surface area contributed by atoms with Crippen LogP contribution in [0.2, 0.25) is 0 Å². The summed E-state index contributed by atoms with van der Waals surface area (Å²) in [6.45, 7) is 6.58. The number of aromatic nitrogens is 1. The Labute approximate surface area is 160 Å². The van der Waals surface area contributed by atoms with Crippen molar-refractivity contribution in [2.75, 3.05) is 20.8 Å². The third-order valence-corrected chi connectivity index (χ3v) is 4.51. The number of carbonyl (C=O) groups excluding carboxylic acids is 2. The van der Waals surface area contributed by atoms with Crippen molar-refractivity contribution in [2.24, 2.45) is 0 Å². The number of hydrogen-bond acceptors (Lipinski definition) is 5. The van der Waals surface area contributed by atoms with Gasteiger partial charge in [0.2, 0.25) is 5.78 Å². The van der Waals surface area contributed by atoms with Gasteiger partial charge in [-0.1, -0.05) is 13.0 Å². The molecule has 6 heteroatoms. The summed E-state index contributed by atoms with van der Waals surface area (Å²) in [5.41, 5.74) is 3.23. The Hall–Kier alpha value is -2.76. The lowest BCUT2D eigenvalue weighted by atomic mass is 10.1. The second-order valence-electron chi connectivity index (χ2n) is 6.37. The van der Waals surface area contributed by atoms with E-state index in [1.807, 2.05) is 19.9 Å². The largest absolute Gasteiger partial charge is 0.497 e. The molecule has 0 bridgehead atoms. The van der Waals surface area contributed by atoms with Crippen molar-refractivity contribution in [1.82, 2.24) is 4.57 Å². The van der Waals surface area contributed by atoms with Crippen molar-refractivity contribution in [1.29, 1.82) is 0 Å². The molecule has 1 heterocycles. The Bertz CT molecular complexity index is 822. The minimum Gasteiger partial charge on any atom is -0.497 e. The first-order valence-corrected chi connectivity index (χ1v) is 8.97. The molecule has 0 saturated heterocycles. The van der Waals surface area contributed by atoms with Gasteiger partial charge in [-0.3, -0.25) is 9.59 Å². The van der Waals surface area contributed by atoms with E-state index >= 15 is 0 Å². The van der Waals surface area contributed by atoms with Crippen molar-refractivity contribution >= 4 is 11.8 Å². The van der Waals surface area contributed by atoms with Gasteiger partial charge < -0.3 is 18.8 Å². The molecule has 0 radical (unpaired) electrons. The van der Waals surface area contributed by atoms with Gasteiger partial charge in [-0.05, 0) is 32.4 Å². The molecule has 0 atom stereocenters. The molecule has 146 valence electrons. The van der Waals surface area contributed by atoms with Gasteiger partial charge in [0.25, 0.3) is 0 Å². The molecule has 0 saturated carbocycles. The predicted molar refractivity (Wildman–Crippen MR) is 103 cm³/mol. The van der Waals surface area contributed by atoms with E-state index < -0.39 is 5.97 Å². The highest BCUT2D eigenvalue weighted by molar-refractivity contribution is 5.99. The lowest BCUT2D eigenvalue weighted by Gasteiger charge is -2.10. The highest BCUT2D eigenvalue weighted by Gasteiger charge is 2.18. The summed E-state index contributed by atoms with van der Waals surface area (Å²) in [5.74, 6) is 0.511. The number of carbonyl (C=O) groups is 2. The molecular formula is C21H27NO5. The molecule has 0 fully saturated rings. The van der Waals surface area contributed by atoms with Crippen LogP contribution in [-0.2, 0) is 22.5 Å². The fraction of sp³-hybridized carbons (Fsp3) is 0.429.